The van der Waals surface area contributed by atoms with Gasteiger partial charge in [0.25, 0.3) is 0 Å². The Kier molecular flexibility index (Phi) is 6.40. The molecule has 0 radical (unpaired) electrons. The molecule has 30 heavy (non-hydrogen) atoms. The molecule has 158 valence electrons. The Balaban J connectivity index is 1.77. The van der Waals surface area contributed by atoms with Crippen molar-refractivity contribution in [2.75, 3.05) is 23.9 Å². The van der Waals surface area contributed by atoms with Gasteiger partial charge in [-0.05, 0) is 42.2 Å². The van der Waals surface area contributed by atoms with E-state index >= 15 is 0 Å². The molecule has 0 bridgehead atoms. The van der Waals surface area contributed by atoms with Gasteiger partial charge < -0.3 is 20.1 Å². The third-order valence-electron chi connectivity index (χ3n) is 5.41. The molecule has 0 spiro atoms. The van der Waals surface area contributed by atoms with E-state index in [2.05, 4.69) is 10.1 Å². The van der Waals surface area contributed by atoms with Crippen LogP contribution in [0.4, 0.5) is 11.4 Å². The molecule has 2 amide bonds. The van der Waals surface area contributed by atoms with E-state index in [1.807, 2.05) is 32.0 Å². The molecular formula is C23H26N2O5. The number of phenols is 1. The Hall–Kier alpha value is -3.35. The van der Waals surface area contributed by atoms with Crippen LogP contribution in [0.25, 0.3) is 0 Å². The number of esters is 1. The molecule has 3 rings (SSSR count). The maximum absolute atomic E-state index is 12.8. The number of hydrogen-bond acceptors (Lipinski definition) is 5. The Morgan fingerprint density at radius 3 is 2.40 bits per heavy atom. The number of nitrogens with zero attached hydrogens (tertiary/aromatic N) is 1. The standard InChI is InChI=1S/C23H26N2O5/c1-4-14-7-6-8-15(5-2)21(14)25-13-17(12-20(25)27)22(28)24-18-10-9-16(11-19(18)26)23(29)30-3/h6-11,17,26H,4-5,12-13H2,1-3H3,(H,24,28). The summed E-state index contributed by atoms with van der Waals surface area (Å²) in [5, 5.41) is 12.8. The zero-order valence-corrected chi connectivity index (χ0v) is 17.4. The monoisotopic (exact) mass is 410 g/mol. The fourth-order valence-corrected chi connectivity index (χ4v) is 3.78. The van der Waals surface area contributed by atoms with Gasteiger partial charge in [0.2, 0.25) is 11.8 Å². The van der Waals surface area contributed by atoms with E-state index in [1.54, 1.807) is 4.90 Å². The number of aromatic hydroxyl groups is 1. The zero-order chi connectivity index (χ0) is 21.8. The van der Waals surface area contributed by atoms with Crippen molar-refractivity contribution >= 4 is 29.2 Å². The molecule has 7 nitrogen and oxygen atoms in total. The summed E-state index contributed by atoms with van der Waals surface area (Å²) >= 11 is 0. The van der Waals surface area contributed by atoms with Crippen LogP contribution in [0, 0.1) is 5.92 Å². The Morgan fingerprint density at radius 2 is 1.83 bits per heavy atom. The molecule has 1 aliphatic heterocycles. The number of methoxy groups -OCH3 is 1. The number of amides is 2. The van der Waals surface area contributed by atoms with E-state index in [0.29, 0.717) is 0 Å². The van der Waals surface area contributed by atoms with Crippen molar-refractivity contribution in [2.24, 2.45) is 5.92 Å². The maximum atomic E-state index is 12.8. The quantitative estimate of drug-likeness (QED) is 0.563. The lowest BCUT2D eigenvalue weighted by Gasteiger charge is -2.23. The Morgan fingerprint density at radius 1 is 1.17 bits per heavy atom. The number of para-hydroxylation sites is 1. The second-order valence-electron chi connectivity index (χ2n) is 7.25. The van der Waals surface area contributed by atoms with Gasteiger partial charge in [0.1, 0.15) is 5.75 Å². The summed E-state index contributed by atoms with van der Waals surface area (Å²) in [6.07, 6.45) is 1.70. The molecule has 1 unspecified atom stereocenters. The highest BCUT2D eigenvalue weighted by Crippen LogP contribution is 2.33. The second-order valence-corrected chi connectivity index (χ2v) is 7.25. The second kappa shape index (κ2) is 8.98. The van der Waals surface area contributed by atoms with Gasteiger partial charge in [-0.2, -0.15) is 0 Å². The lowest BCUT2D eigenvalue weighted by atomic mass is 10.0. The highest BCUT2D eigenvalue weighted by atomic mass is 16.5. The van der Waals surface area contributed by atoms with Crippen molar-refractivity contribution in [3.05, 3.63) is 53.1 Å². The van der Waals surface area contributed by atoms with Crippen molar-refractivity contribution in [3.63, 3.8) is 0 Å². The van der Waals surface area contributed by atoms with Crippen LogP contribution in [0.15, 0.2) is 36.4 Å². The molecule has 1 saturated heterocycles. The summed E-state index contributed by atoms with van der Waals surface area (Å²) in [6.45, 7) is 4.38. The van der Waals surface area contributed by atoms with Crippen molar-refractivity contribution in [2.45, 2.75) is 33.1 Å². The van der Waals surface area contributed by atoms with Crippen LogP contribution in [-0.2, 0) is 27.2 Å². The molecular weight excluding hydrogens is 384 g/mol. The van der Waals surface area contributed by atoms with Gasteiger partial charge in [0.05, 0.1) is 24.3 Å². The molecule has 2 aromatic carbocycles. The average Bonchev–Trinajstić information content (AvgIpc) is 3.15. The van der Waals surface area contributed by atoms with E-state index in [-0.39, 0.29) is 41.8 Å². The van der Waals surface area contributed by atoms with Gasteiger partial charge in [-0.1, -0.05) is 32.0 Å². The minimum atomic E-state index is -0.582. The minimum absolute atomic E-state index is 0.0870. The zero-order valence-electron chi connectivity index (χ0n) is 17.4. The minimum Gasteiger partial charge on any atom is -0.506 e. The summed E-state index contributed by atoms with van der Waals surface area (Å²) in [5.74, 6) is -1.79. The fraction of sp³-hybridized carbons (Fsp3) is 0.348. The summed E-state index contributed by atoms with van der Waals surface area (Å²) in [5.41, 5.74) is 3.44. The molecule has 1 heterocycles. The molecule has 0 aliphatic carbocycles. The third kappa shape index (κ3) is 4.15. The molecule has 1 atom stereocenters. The maximum Gasteiger partial charge on any atom is 0.337 e. The number of aryl methyl sites for hydroxylation is 2. The van der Waals surface area contributed by atoms with Crippen molar-refractivity contribution in [3.8, 4) is 5.75 Å². The molecule has 7 heteroatoms. The van der Waals surface area contributed by atoms with Gasteiger partial charge in [0, 0.05) is 18.7 Å². The SMILES string of the molecule is CCc1cccc(CC)c1N1CC(C(=O)Nc2ccc(C(=O)OC)cc2O)CC1=O. The summed E-state index contributed by atoms with van der Waals surface area (Å²) in [6, 6.07) is 10.1. The smallest absolute Gasteiger partial charge is 0.337 e. The lowest BCUT2D eigenvalue weighted by Crippen LogP contribution is -2.29. The number of rotatable bonds is 6. The largest absolute Gasteiger partial charge is 0.506 e. The van der Waals surface area contributed by atoms with E-state index < -0.39 is 11.9 Å². The number of anilines is 2. The van der Waals surface area contributed by atoms with E-state index in [1.165, 1.54) is 25.3 Å². The Labute approximate surface area is 175 Å². The predicted octanol–water partition coefficient (Wildman–Crippen LogP) is 3.30. The average molecular weight is 410 g/mol. The van der Waals surface area contributed by atoms with Crippen LogP contribution in [-0.4, -0.2) is 36.5 Å². The fourth-order valence-electron chi connectivity index (χ4n) is 3.78. The third-order valence-corrected chi connectivity index (χ3v) is 5.41. The van der Waals surface area contributed by atoms with Crippen LogP contribution < -0.4 is 10.2 Å². The van der Waals surface area contributed by atoms with Crippen molar-refractivity contribution < 1.29 is 24.2 Å². The van der Waals surface area contributed by atoms with Crippen LogP contribution in [0.2, 0.25) is 0 Å². The van der Waals surface area contributed by atoms with E-state index in [0.717, 1.165) is 29.7 Å². The van der Waals surface area contributed by atoms with Crippen LogP contribution >= 0.6 is 0 Å². The van der Waals surface area contributed by atoms with Gasteiger partial charge in [-0.15, -0.1) is 0 Å². The first-order chi connectivity index (χ1) is 14.4. The van der Waals surface area contributed by atoms with Crippen molar-refractivity contribution in [1.29, 1.82) is 0 Å². The first-order valence-corrected chi connectivity index (χ1v) is 10.0. The van der Waals surface area contributed by atoms with Crippen LogP contribution in [0.1, 0.15) is 41.8 Å². The van der Waals surface area contributed by atoms with Gasteiger partial charge in [-0.3, -0.25) is 9.59 Å². The lowest BCUT2D eigenvalue weighted by molar-refractivity contribution is -0.122. The number of carbonyl (C=O) groups is 3. The number of hydrogen-bond donors (Lipinski definition) is 2. The van der Waals surface area contributed by atoms with Crippen LogP contribution in [0.3, 0.4) is 0 Å². The number of benzene rings is 2. The van der Waals surface area contributed by atoms with Gasteiger partial charge in [-0.25, -0.2) is 4.79 Å². The first kappa shape index (κ1) is 21.4. The predicted molar refractivity (Wildman–Crippen MR) is 114 cm³/mol. The highest BCUT2D eigenvalue weighted by molar-refractivity contribution is 6.04. The number of ether oxygens (including phenoxy) is 1. The highest BCUT2D eigenvalue weighted by Gasteiger charge is 2.36. The summed E-state index contributed by atoms with van der Waals surface area (Å²) in [7, 11) is 1.25. The molecule has 2 N–H and O–H groups in total. The summed E-state index contributed by atoms with van der Waals surface area (Å²) in [4.78, 5) is 38.8. The number of carbonyl (C=O) groups excluding carboxylic acids is 3. The van der Waals surface area contributed by atoms with Crippen molar-refractivity contribution in [1.82, 2.24) is 0 Å². The summed E-state index contributed by atoms with van der Waals surface area (Å²) < 4.78 is 4.62. The number of nitrogens with one attached hydrogen (secondary N) is 1. The molecule has 0 aromatic heterocycles. The first-order valence-electron chi connectivity index (χ1n) is 10.0. The van der Waals surface area contributed by atoms with Gasteiger partial charge in [0.15, 0.2) is 0 Å². The topological polar surface area (TPSA) is 95.9 Å². The molecule has 1 aliphatic rings. The molecule has 0 saturated carbocycles. The normalized spacial score (nSPS) is 15.9. The number of phenolic OH excluding ortho intramolecular Hbond substituents is 1. The van der Waals surface area contributed by atoms with Gasteiger partial charge >= 0.3 is 5.97 Å². The van der Waals surface area contributed by atoms with E-state index in [4.69, 9.17) is 0 Å². The molecule has 1 fully saturated rings. The Bertz CT molecular complexity index is 963. The van der Waals surface area contributed by atoms with E-state index in [9.17, 15) is 19.5 Å². The van der Waals surface area contributed by atoms with Crippen LogP contribution in [0.5, 0.6) is 5.75 Å². The molecule has 2 aromatic rings.